The predicted octanol–water partition coefficient (Wildman–Crippen LogP) is 5.75. The van der Waals surface area contributed by atoms with Crippen LogP contribution in [0.4, 0.5) is 13.2 Å². The Morgan fingerprint density at radius 1 is 1.12 bits per heavy atom. The SMILES string of the molecule is COc1cc(OCc2csc(CCC(F)(F)F)n2)c2cc(-c3cn4nc(OC)sc4n3)oc2c1. The van der Waals surface area contributed by atoms with Crippen molar-refractivity contribution >= 4 is 38.6 Å². The Labute approximate surface area is 198 Å². The van der Waals surface area contributed by atoms with Gasteiger partial charge in [0.15, 0.2) is 5.76 Å². The summed E-state index contributed by atoms with van der Waals surface area (Å²) in [5, 5.41) is 7.58. The minimum absolute atomic E-state index is 0.0925. The Morgan fingerprint density at radius 3 is 2.71 bits per heavy atom. The van der Waals surface area contributed by atoms with Crippen LogP contribution in [0, 0.1) is 0 Å². The molecule has 0 aliphatic carbocycles. The highest BCUT2D eigenvalue weighted by atomic mass is 32.1. The average molecular weight is 511 g/mol. The number of hydrogen-bond acceptors (Lipinski definition) is 9. The van der Waals surface area contributed by atoms with E-state index in [-0.39, 0.29) is 13.0 Å². The van der Waals surface area contributed by atoms with Crippen molar-refractivity contribution in [3.63, 3.8) is 0 Å². The number of imidazole rings is 1. The van der Waals surface area contributed by atoms with Crippen molar-refractivity contribution in [2.24, 2.45) is 0 Å². The first kappa shape index (κ1) is 22.5. The summed E-state index contributed by atoms with van der Waals surface area (Å²) in [5.41, 5.74) is 1.68. The molecular formula is C21H17F3N4O4S2. The summed E-state index contributed by atoms with van der Waals surface area (Å²) in [4.78, 5) is 9.44. The van der Waals surface area contributed by atoms with Gasteiger partial charge in [-0.2, -0.15) is 13.2 Å². The Hall–Kier alpha value is -3.32. The number of ether oxygens (including phenoxy) is 3. The number of benzene rings is 1. The van der Waals surface area contributed by atoms with Crippen LogP contribution in [-0.2, 0) is 13.0 Å². The molecule has 5 aromatic rings. The van der Waals surface area contributed by atoms with Gasteiger partial charge < -0.3 is 18.6 Å². The molecule has 0 bridgehead atoms. The second kappa shape index (κ2) is 8.80. The minimum atomic E-state index is -4.21. The molecule has 1 aromatic carbocycles. The van der Waals surface area contributed by atoms with E-state index < -0.39 is 12.6 Å². The lowest BCUT2D eigenvalue weighted by molar-refractivity contribution is -0.134. The number of methoxy groups -OCH3 is 2. The third kappa shape index (κ3) is 4.66. The summed E-state index contributed by atoms with van der Waals surface area (Å²) >= 11 is 2.49. The highest BCUT2D eigenvalue weighted by molar-refractivity contribution is 7.18. The third-order valence-corrected chi connectivity index (χ3v) is 6.70. The van der Waals surface area contributed by atoms with E-state index >= 15 is 0 Å². The van der Waals surface area contributed by atoms with E-state index in [0.29, 0.717) is 54.8 Å². The number of alkyl halides is 3. The molecule has 178 valence electrons. The van der Waals surface area contributed by atoms with Crippen molar-refractivity contribution < 1.29 is 31.8 Å². The average Bonchev–Trinajstić information content (AvgIpc) is 3.57. The lowest BCUT2D eigenvalue weighted by Crippen LogP contribution is -2.08. The Bertz CT molecular complexity index is 1420. The van der Waals surface area contributed by atoms with Crippen LogP contribution in [0.1, 0.15) is 17.1 Å². The van der Waals surface area contributed by atoms with Crippen LogP contribution in [0.5, 0.6) is 16.7 Å². The van der Waals surface area contributed by atoms with Crippen LogP contribution in [-0.4, -0.2) is 40.0 Å². The summed E-state index contributed by atoms with van der Waals surface area (Å²) in [6, 6.07) is 5.27. The molecule has 4 aromatic heterocycles. The minimum Gasteiger partial charge on any atom is -0.496 e. The summed E-state index contributed by atoms with van der Waals surface area (Å²) < 4.78 is 61.4. The first-order chi connectivity index (χ1) is 16.3. The van der Waals surface area contributed by atoms with E-state index in [1.807, 2.05) is 6.07 Å². The van der Waals surface area contributed by atoms with Crippen LogP contribution in [0.15, 0.2) is 34.2 Å². The predicted molar refractivity (Wildman–Crippen MR) is 120 cm³/mol. The second-order valence-corrected chi connectivity index (χ2v) is 9.07. The topological polar surface area (TPSA) is 83.9 Å². The maximum atomic E-state index is 12.5. The van der Waals surface area contributed by atoms with E-state index in [9.17, 15) is 13.2 Å². The summed E-state index contributed by atoms with van der Waals surface area (Å²) in [6.07, 6.45) is -3.52. The van der Waals surface area contributed by atoms with Gasteiger partial charge in [0, 0.05) is 30.4 Å². The van der Waals surface area contributed by atoms with E-state index in [0.717, 1.165) is 0 Å². The number of aromatic nitrogens is 4. The molecule has 0 fully saturated rings. The molecule has 5 rings (SSSR count). The molecule has 0 amide bonds. The molecule has 0 unspecified atom stereocenters. The molecule has 0 saturated heterocycles. The van der Waals surface area contributed by atoms with Gasteiger partial charge in [-0.1, -0.05) is 0 Å². The van der Waals surface area contributed by atoms with Crippen molar-refractivity contribution in [3.8, 4) is 28.1 Å². The largest absolute Gasteiger partial charge is 0.496 e. The maximum Gasteiger partial charge on any atom is 0.389 e. The zero-order chi connectivity index (χ0) is 23.9. The molecule has 34 heavy (non-hydrogen) atoms. The van der Waals surface area contributed by atoms with Gasteiger partial charge in [0.2, 0.25) is 4.96 Å². The van der Waals surface area contributed by atoms with Gasteiger partial charge in [-0.3, -0.25) is 0 Å². The highest BCUT2D eigenvalue weighted by Gasteiger charge is 2.27. The van der Waals surface area contributed by atoms with Gasteiger partial charge in [0.05, 0.1) is 36.5 Å². The summed E-state index contributed by atoms with van der Waals surface area (Å²) in [6.45, 7) is 0.0925. The van der Waals surface area contributed by atoms with Crippen LogP contribution < -0.4 is 14.2 Å². The zero-order valence-corrected chi connectivity index (χ0v) is 19.5. The number of fused-ring (bicyclic) bond motifs is 2. The van der Waals surface area contributed by atoms with Crippen molar-refractivity contribution in [3.05, 3.63) is 40.5 Å². The fourth-order valence-electron chi connectivity index (χ4n) is 3.26. The molecule has 0 spiro atoms. The van der Waals surface area contributed by atoms with Crippen molar-refractivity contribution in [2.75, 3.05) is 14.2 Å². The fourth-order valence-corrected chi connectivity index (χ4v) is 4.74. The molecule has 0 N–H and O–H groups in total. The van der Waals surface area contributed by atoms with Crippen molar-refractivity contribution in [1.82, 2.24) is 19.6 Å². The monoisotopic (exact) mass is 510 g/mol. The molecule has 13 heteroatoms. The van der Waals surface area contributed by atoms with Crippen LogP contribution >= 0.6 is 22.7 Å². The van der Waals surface area contributed by atoms with Crippen molar-refractivity contribution in [2.45, 2.75) is 25.6 Å². The first-order valence-corrected chi connectivity index (χ1v) is 11.7. The number of thiazole rings is 1. The normalized spacial score (nSPS) is 12.0. The van der Waals surface area contributed by atoms with Crippen LogP contribution in [0.3, 0.4) is 0 Å². The van der Waals surface area contributed by atoms with E-state index in [1.54, 1.807) is 35.3 Å². The quantitative estimate of drug-likeness (QED) is 0.263. The van der Waals surface area contributed by atoms with E-state index in [4.69, 9.17) is 18.6 Å². The van der Waals surface area contributed by atoms with E-state index in [2.05, 4.69) is 15.1 Å². The smallest absolute Gasteiger partial charge is 0.389 e. The Morgan fingerprint density at radius 2 is 1.97 bits per heavy atom. The lowest BCUT2D eigenvalue weighted by atomic mass is 10.2. The molecule has 0 saturated carbocycles. The third-order valence-electron chi connectivity index (χ3n) is 4.86. The van der Waals surface area contributed by atoms with Gasteiger partial charge in [-0.15, -0.1) is 16.4 Å². The summed E-state index contributed by atoms with van der Waals surface area (Å²) in [7, 11) is 3.08. The fraction of sp³-hybridized carbons (Fsp3) is 0.286. The zero-order valence-electron chi connectivity index (χ0n) is 17.9. The Kier molecular flexibility index (Phi) is 5.81. The molecule has 4 heterocycles. The highest BCUT2D eigenvalue weighted by Crippen LogP contribution is 2.37. The van der Waals surface area contributed by atoms with Gasteiger partial charge in [-0.05, 0) is 17.4 Å². The van der Waals surface area contributed by atoms with Gasteiger partial charge >= 0.3 is 6.18 Å². The Balaban J connectivity index is 1.39. The second-order valence-electron chi connectivity index (χ2n) is 7.21. The standard InChI is InChI=1S/C21H17F3N4O4S2/c1-29-12-5-15(31-9-11-10-33-18(25-11)3-4-21(22,23)24)13-7-17(32-16(13)6-12)14-8-28-19(26-14)34-20(27-28)30-2/h5-8,10H,3-4,9H2,1-2H3. The number of aryl methyl sites for hydroxylation is 1. The van der Waals surface area contributed by atoms with Crippen molar-refractivity contribution in [1.29, 1.82) is 0 Å². The lowest BCUT2D eigenvalue weighted by Gasteiger charge is -2.08. The van der Waals surface area contributed by atoms with E-state index in [1.165, 1.54) is 29.8 Å². The van der Waals surface area contributed by atoms with Gasteiger partial charge in [0.25, 0.3) is 5.19 Å². The van der Waals surface area contributed by atoms with Crippen LogP contribution in [0.2, 0.25) is 0 Å². The molecule has 0 atom stereocenters. The number of halogens is 3. The number of rotatable bonds is 8. The molecule has 0 radical (unpaired) electrons. The summed E-state index contributed by atoms with van der Waals surface area (Å²) in [5.74, 6) is 1.55. The van der Waals surface area contributed by atoms with Gasteiger partial charge in [0.1, 0.15) is 29.4 Å². The molecule has 0 aliphatic rings. The van der Waals surface area contributed by atoms with Crippen LogP contribution in [0.25, 0.3) is 27.4 Å². The first-order valence-electron chi connectivity index (χ1n) is 9.96. The molecular weight excluding hydrogens is 493 g/mol. The molecule has 0 aliphatic heterocycles. The number of furan rings is 1. The van der Waals surface area contributed by atoms with Gasteiger partial charge in [-0.25, -0.2) is 14.5 Å². The maximum absolute atomic E-state index is 12.5. The number of nitrogens with zero attached hydrogens (tertiary/aromatic N) is 4. The molecule has 8 nitrogen and oxygen atoms in total. The number of hydrogen-bond donors (Lipinski definition) is 0.